The van der Waals surface area contributed by atoms with Crippen LogP contribution in [-0.2, 0) is 28.9 Å². The minimum atomic E-state index is -3.33. The van der Waals surface area contributed by atoms with Crippen LogP contribution in [0.1, 0.15) is 16.7 Å². The molecule has 0 unspecified atom stereocenters. The minimum absolute atomic E-state index is 0.0362. The van der Waals surface area contributed by atoms with Crippen molar-refractivity contribution in [2.75, 3.05) is 26.2 Å². The first-order chi connectivity index (χ1) is 15.5. The van der Waals surface area contributed by atoms with Gasteiger partial charge in [-0.05, 0) is 29.8 Å². The van der Waals surface area contributed by atoms with E-state index >= 15 is 0 Å². The van der Waals surface area contributed by atoms with Crippen molar-refractivity contribution in [3.8, 4) is 5.75 Å². The maximum absolute atomic E-state index is 12.8. The number of piperazine rings is 1. The van der Waals surface area contributed by atoms with E-state index in [-0.39, 0.29) is 5.75 Å². The fraction of sp³-hybridized carbons (Fsp3) is 0.292. The molecule has 2 heterocycles. The summed E-state index contributed by atoms with van der Waals surface area (Å²) in [6, 6.07) is 18.8. The Morgan fingerprint density at radius 3 is 2.41 bits per heavy atom. The number of halogens is 1. The summed E-state index contributed by atoms with van der Waals surface area (Å²) in [4.78, 5) is 6.35. The molecule has 6 nitrogen and oxygen atoms in total. The molecule has 0 N–H and O–H groups in total. The van der Waals surface area contributed by atoms with Crippen LogP contribution in [-0.4, -0.2) is 48.8 Å². The smallest absolute Gasteiger partial charge is 0.218 e. The molecular weight excluding hydrogens is 446 g/mol. The predicted octanol–water partition coefficient (Wildman–Crippen LogP) is 3.96. The Kier molecular flexibility index (Phi) is 7.42. The molecule has 2 aromatic carbocycles. The molecular formula is C24H26ClN3O3S. The number of hydrogen-bond donors (Lipinski definition) is 0. The largest absolute Gasteiger partial charge is 0.489 e. The first-order valence-electron chi connectivity index (χ1n) is 10.5. The normalized spacial score (nSPS) is 15.5. The number of ether oxygens (including phenoxy) is 1. The lowest BCUT2D eigenvalue weighted by Crippen LogP contribution is -2.48. The summed E-state index contributed by atoms with van der Waals surface area (Å²) in [7, 11) is -3.33. The second kappa shape index (κ2) is 10.4. The quantitative estimate of drug-likeness (QED) is 0.497. The van der Waals surface area contributed by atoms with Crippen molar-refractivity contribution in [3.63, 3.8) is 0 Å². The highest BCUT2D eigenvalue weighted by molar-refractivity contribution is 7.88. The first kappa shape index (κ1) is 22.7. The van der Waals surface area contributed by atoms with Crippen LogP contribution < -0.4 is 4.74 Å². The summed E-state index contributed by atoms with van der Waals surface area (Å²) < 4.78 is 33.2. The van der Waals surface area contributed by atoms with Gasteiger partial charge in [0.2, 0.25) is 10.0 Å². The van der Waals surface area contributed by atoms with Crippen LogP contribution in [0.3, 0.4) is 0 Å². The van der Waals surface area contributed by atoms with Gasteiger partial charge in [-0.3, -0.25) is 9.88 Å². The summed E-state index contributed by atoms with van der Waals surface area (Å²) in [5.74, 6) is 0.812. The molecule has 1 aliphatic heterocycles. The van der Waals surface area contributed by atoms with Crippen molar-refractivity contribution in [2.45, 2.75) is 18.9 Å². The number of hydrogen-bond acceptors (Lipinski definition) is 5. The van der Waals surface area contributed by atoms with Crippen LogP contribution in [0, 0.1) is 0 Å². The molecule has 1 aromatic heterocycles. The Morgan fingerprint density at radius 1 is 0.938 bits per heavy atom. The first-order valence-corrected chi connectivity index (χ1v) is 12.5. The highest BCUT2D eigenvalue weighted by Crippen LogP contribution is 2.26. The molecule has 0 atom stereocenters. The van der Waals surface area contributed by atoms with Crippen molar-refractivity contribution in [2.24, 2.45) is 0 Å². The van der Waals surface area contributed by atoms with E-state index in [1.807, 2.05) is 60.7 Å². The SMILES string of the molecule is O=S(=O)(Cc1ccccc1)N1CCN(Cc2cc(Cl)ccc2OCc2cccnc2)CC1. The van der Waals surface area contributed by atoms with E-state index in [1.54, 1.807) is 16.7 Å². The van der Waals surface area contributed by atoms with Gasteiger partial charge in [-0.25, -0.2) is 8.42 Å². The minimum Gasteiger partial charge on any atom is -0.489 e. The van der Waals surface area contributed by atoms with Crippen molar-refractivity contribution in [1.29, 1.82) is 0 Å². The summed E-state index contributed by atoms with van der Waals surface area (Å²) >= 11 is 6.24. The van der Waals surface area contributed by atoms with Gasteiger partial charge in [0, 0.05) is 61.3 Å². The number of pyridine rings is 1. The lowest BCUT2D eigenvalue weighted by Gasteiger charge is -2.34. The number of benzene rings is 2. The van der Waals surface area contributed by atoms with Gasteiger partial charge in [-0.2, -0.15) is 4.31 Å². The Bertz CT molecular complexity index is 1120. The van der Waals surface area contributed by atoms with Crippen LogP contribution in [0.15, 0.2) is 73.1 Å². The average Bonchev–Trinajstić information content (AvgIpc) is 2.80. The third-order valence-corrected chi connectivity index (χ3v) is 7.54. The van der Waals surface area contributed by atoms with Crippen molar-refractivity contribution in [1.82, 2.24) is 14.2 Å². The molecule has 0 spiro atoms. The second-order valence-corrected chi connectivity index (χ2v) is 10.2. The third-order valence-electron chi connectivity index (χ3n) is 5.45. The summed E-state index contributed by atoms with van der Waals surface area (Å²) in [6.07, 6.45) is 3.52. The van der Waals surface area contributed by atoms with Gasteiger partial charge in [0.15, 0.2) is 0 Å². The molecule has 168 valence electrons. The molecule has 0 aliphatic carbocycles. The van der Waals surface area contributed by atoms with Crippen molar-refractivity contribution >= 4 is 21.6 Å². The lowest BCUT2D eigenvalue weighted by molar-refractivity contribution is 0.178. The van der Waals surface area contributed by atoms with Gasteiger partial charge >= 0.3 is 0 Å². The van der Waals surface area contributed by atoms with Crippen LogP contribution in [0.4, 0.5) is 0 Å². The lowest BCUT2D eigenvalue weighted by atomic mass is 10.1. The molecule has 1 fully saturated rings. The molecule has 0 radical (unpaired) electrons. The zero-order valence-corrected chi connectivity index (χ0v) is 19.3. The third kappa shape index (κ3) is 6.07. The highest BCUT2D eigenvalue weighted by Gasteiger charge is 2.27. The van der Waals surface area contributed by atoms with Gasteiger partial charge in [0.05, 0.1) is 5.75 Å². The summed E-state index contributed by atoms with van der Waals surface area (Å²) in [6.45, 7) is 3.33. The topological polar surface area (TPSA) is 62.7 Å². The summed E-state index contributed by atoms with van der Waals surface area (Å²) in [5, 5.41) is 0.651. The fourth-order valence-corrected chi connectivity index (χ4v) is 5.45. The van der Waals surface area contributed by atoms with Crippen molar-refractivity contribution < 1.29 is 13.2 Å². The van der Waals surface area contributed by atoms with Crippen molar-refractivity contribution in [3.05, 3.63) is 94.8 Å². The maximum Gasteiger partial charge on any atom is 0.218 e. The number of sulfonamides is 1. The van der Waals surface area contributed by atoms with Crippen LogP contribution in [0.5, 0.6) is 5.75 Å². The van der Waals surface area contributed by atoms with Gasteiger partial charge in [0.1, 0.15) is 12.4 Å². The number of aromatic nitrogens is 1. The molecule has 1 saturated heterocycles. The summed E-state index contributed by atoms with van der Waals surface area (Å²) in [5.41, 5.74) is 2.79. The number of rotatable bonds is 8. The van der Waals surface area contributed by atoms with Gasteiger partial charge < -0.3 is 4.74 Å². The van der Waals surface area contributed by atoms with Crippen LogP contribution in [0.25, 0.3) is 0 Å². The van der Waals surface area contributed by atoms with Gasteiger partial charge in [-0.1, -0.05) is 48.0 Å². The molecule has 0 amide bonds. The van der Waals surface area contributed by atoms with E-state index in [9.17, 15) is 8.42 Å². The zero-order valence-electron chi connectivity index (χ0n) is 17.7. The maximum atomic E-state index is 12.8. The Balaban J connectivity index is 1.36. The highest BCUT2D eigenvalue weighted by atomic mass is 35.5. The molecule has 32 heavy (non-hydrogen) atoms. The molecule has 3 aromatic rings. The van der Waals surface area contributed by atoms with Crippen LogP contribution >= 0.6 is 11.6 Å². The van der Waals surface area contributed by atoms with Crippen LogP contribution in [0.2, 0.25) is 5.02 Å². The van der Waals surface area contributed by atoms with Gasteiger partial charge in [-0.15, -0.1) is 0 Å². The van der Waals surface area contributed by atoms with E-state index < -0.39 is 10.0 Å². The Morgan fingerprint density at radius 2 is 1.69 bits per heavy atom. The second-order valence-electron chi connectivity index (χ2n) is 7.82. The van der Waals surface area contributed by atoms with E-state index in [4.69, 9.17) is 16.3 Å². The number of nitrogens with zero attached hydrogens (tertiary/aromatic N) is 3. The van der Waals surface area contributed by atoms with E-state index in [0.29, 0.717) is 44.4 Å². The fourth-order valence-electron chi connectivity index (χ4n) is 3.74. The molecule has 8 heteroatoms. The van der Waals surface area contributed by atoms with E-state index in [1.165, 1.54) is 0 Å². The monoisotopic (exact) mass is 471 g/mol. The molecule has 1 aliphatic rings. The average molecular weight is 472 g/mol. The zero-order chi connectivity index (χ0) is 22.4. The Labute approximate surface area is 194 Å². The molecule has 0 bridgehead atoms. The predicted molar refractivity (Wildman–Crippen MR) is 126 cm³/mol. The van der Waals surface area contributed by atoms with Gasteiger partial charge in [0.25, 0.3) is 0 Å². The standard InChI is InChI=1S/C24H26ClN3O3S/c25-23-8-9-24(31-18-21-7-4-10-26-16-21)22(15-23)17-27-11-13-28(14-12-27)32(29,30)19-20-5-2-1-3-6-20/h1-10,15-16H,11-14,17-19H2. The van der Waals surface area contributed by atoms with E-state index in [0.717, 1.165) is 22.4 Å². The Hall–Kier alpha value is -2.45. The molecule has 4 rings (SSSR count). The molecule has 0 saturated carbocycles. The van der Waals surface area contributed by atoms with E-state index in [2.05, 4.69) is 9.88 Å².